The molecule has 2 unspecified atom stereocenters. The smallest absolute Gasteiger partial charge is 0.257 e. The van der Waals surface area contributed by atoms with E-state index in [2.05, 4.69) is 25.6 Å². The number of aryl methyl sites for hydroxylation is 1. The average Bonchev–Trinajstić information content (AvgIpc) is 3.13. The molecule has 1 aromatic rings. The molecular formula is C14H14BrN3O3S2. The van der Waals surface area contributed by atoms with E-state index >= 15 is 0 Å². The summed E-state index contributed by atoms with van der Waals surface area (Å²) in [4.78, 5) is 17.5. The lowest BCUT2D eigenvalue weighted by atomic mass is 10.1. The Labute approximate surface area is 146 Å². The number of carbonyl (C=O) groups is 1. The van der Waals surface area contributed by atoms with Gasteiger partial charge in [-0.05, 0) is 24.1 Å². The van der Waals surface area contributed by atoms with Crippen molar-refractivity contribution in [3.05, 3.63) is 29.3 Å². The van der Waals surface area contributed by atoms with Gasteiger partial charge >= 0.3 is 0 Å². The zero-order chi connectivity index (χ0) is 16.2. The Hall–Kier alpha value is -1.06. The molecule has 1 N–H and O–H groups in total. The van der Waals surface area contributed by atoms with E-state index in [1.54, 1.807) is 23.9 Å². The Morgan fingerprint density at radius 2 is 2.17 bits per heavy atom. The SMILES string of the molecule is O=C1CCc2ccc(NS(=O)(=O)C3C(Br)N=C4SCCN43)cc21. The van der Waals surface area contributed by atoms with Gasteiger partial charge in [0.25, 0.3) is 10.0 Å². The van der Waals surface area contributed by atoms with E-state index in [9.17, 15) is 13.2 Å². The zero-order valence-electron chi connectivity index (χ0n) is 12.0. The van der Waals surface area contributed by atoms with Crippen LogP contribution in [0.25, 0.3) is 0 Å². The highest BCUT2D eigenvalue weighted by Crippen LogP contribution is 2.35. The van der Waals surface area contributed by atoms with Crippen molar-refractivity contribution in [3.8, 4) is 0 Å². The number of alkyl halides is 1. The lowest BCUT2D eigenvalue weighted by molar-refractivity contribution is 0.0994. The maximum Gasteiger partial charge on any atom is 0.257 e. The predicted octanol–water partition coefficient (Wildman–Crippen LogP) is 2.02. The number of Topliss-reactive ketones (excluding diaryl/α,β-unsaturated/α-hetero) is 1. The van der Waals surface area contributed by atoms with Crippen molar-refractivity contribution in [3.63, 3.8) is 0 Å². The van der Waals surface area contributed by atoms with Crippen LogP contribution >= 0.6 is 27.7 Å². The summed E-state index contributed by atoms with van der Waals surface area (Å²) in [6, 6.07) is 5.18. The molecule has 1 fully saturated rings. The van der Waals surface area contributed by atoms with E-state index in [-0.39, 0.29) is 5.78 Å². The second-order valence-electron chi connectivity index (χ2n) is 5.66. The molecule has 3 aliphatic rings. The maximum absolute atomic E-state index is 12.8. The number of hydrogen-bond acceptors (Lipinski definition) is 6. The molecule has 0 saturated carbocycles. The summed E-state index contributed by atoms with van der Waals surface area (Å²) >= 11 is 4.92. The van der Waals surface area contributed by atoms with Crippen LogP contribution in [-0.4, -0.2) is 46.9 Å². The number of rotatable bonds is 3. The van der Waals surface area contributed by atoms with Crippen LogP contribution in [0.2, 0.25) is 0 Å². The molecule has 9 heteroatoms. The van der Waals surface area contributed by atoms with Crippen molar-refractivity contribution in [1.29, 1.82) is 0 Å². The molecule has 6 nitrogen and oxygen atoms in total. The zero-order valence-corrected chi connectivity index (χ0v) is 15.2. The molecule has 2 atom stereocenters. The van der Waals surface area contributed by atoms with Gasteiger partial charge in [0.2, 0.25) is 0 Å². The number of sulfonamides is 1. The van der Waals surface area contributed by atoms with Crippen LogP contribution in [-0.2, 0) is 16.4 Å². The van der Waals surface area contributed by atoms with Gasteiger partial charge in [-0.25, -0.2) is 13.4 Å². The first-order valence-electron chi connectivity index (χ1n) is 7.25. The van der Waals surface area contributed by atoms with Crippen LogP contribution in [0.1, 0.15) is 22.3 Å². The van der Waals surface area contributed by atoms with Crippen LogP contribution < -0.4 is 4.72 Å². The van der Waals surface area contributed by atoms with Gasteiger partial charge in [0.05, 0.1) is 0 Å². The Morgan fingerprint density at radius 3 is 3.00 bits per heavy atom. The van der Waals surface area contributed by atoms with Crippen LogP contribution in [0.5, 0.6) is 0 Å². The summed E-state index contributed by atoms with van der Waals surface area (Å²) in [6.45, 7) is 0.667. The molecule has 4 rings (SSSR count). The molecule has 2 heterocycles. The van der Waals surface area contributed by atoms with Crippen molar-refractivity contribution >= 4 is 54.4 Å². The third-order valence-corrected chi connectivity index (χ3v) is 7.90. The number of halogens is 1. The van der Waals surface area contributed by atoms with E-state index in [0.29, 0.717) is 24.2 Å². The van der Waals surface area contributed by atoms with Crippen molar-refractivity contribution in [2.75, 3.05) is 17.0 Å². The Kier molecular flexibility index (Phi) is 3.69. The molecule has 2 aliphatic heterocycles. The topological polar surface area (TPSA) is 78.8 Å². The summed E-state index contributed by atoms with van der Waals surface area (Å²) < 4.78 is 28.2. The molecular weight excluding hydrogens is 402 g/mol. The first kappa shape index (κ1) is 15.5. The molecule has 0 amide bonds. The Balaban J connectivity index is 1.61. The molecule has 0 aromatic heterocycles. The molecule has 23 heavy (non-hydrogen) atoms. The monoisotopic (exact) mass is 415 g/mol. The molecule has 0 radical (unpaired) electrons. The van der Waals surface area contributed by atoms with E-state index in [1.165, 1.54) is 0 Å². The van der Waals surface area contributed by atoms with Gasteiger partial charge in [-0.3, -0.25) is 9.52 Å². The fraction of sp³-hybridized carbons (Fsp3) is 0.429. The fourth-order valence-corrected chi connectivity index (χ4v) is 7.16. The van der Waals surface area contributed by atoms with Crippen molar-refractivity contribution in [2.24, 2.45) is 4.99 Å². The number of fused-ring (bicyclic) bond motifs is 2. The third kappa shape index (κ3) is 2.58. The molecule has 1 aliphatic carbocycles. The minimum Gasteiger partial charge on any atom is -0.330 e. The number of ketones is 1. The van der Waals surface area contributed by atoms with Gasteiger partial charge < -0.3 is 4.90 Å². The molecule has 0 spiro atoms. The largest absolute Gasteiger partial charge is 0.330 e. The van der Waals surface area contributed by atoms with Crippen molar-refractivity contribution in [1.82, 2.24) is 4.90 Å². The third-order valence-electron chi connectivity index (χ3n) is 4.20. The highest BCUT2D eigenvalue weighted by atomic mass is 79.9. The maximum atomic E-state index is 12.8. The number of nitrogens with zero attached hydrogens (tertiary/aromatic N) is 2. The first-order chi connectivity index (χ1) is 11.0. The standard InChI is InChI=1S/C14H14BrN3O3S2/c15-12-13(18-5-6-22-14(18)16-12)23(20,21)17-9-3-1-8-2-4-11(19)10(8)7-9/h1,3,7,12-13,17H,2,4-6H2. The first-order valence-corrected chi connectivity index (χ1v) is 10.7. The molecule has 1 aromatic carbocycles. The van der Waals surface area contributed by atoms with Gasteiger partial charge in [-0.15, -0.1) is 0 Å². The molecule has 0 bridgehead atoms. The fourth-order valence-electron chi connectivity index (χ4n) is 3.12. The normalized spacial score (nSPS) is 26.2. The summed E-state index contributed by atoms with van der Waals surface area (Å²) in [5, 5.41) is 0.00263. The quantitative estimate of drug-likeness (QED) is 0.603. The second-order valence-corrected chi connectivity index (χ2v) is 9.44. The highest BCUT2D eigenvalue weighted by molar-refractivity contribution is 9.09. The second kappa shape index (κ2) is 5.49. The summed E-state index contributed by atoms with van der Waals surface area (Å²) in [6.07, 6.45) is 1.23. The van der Waals surface area contributed by atoms with E-state index in [0.717, 1.165) is 22.9 Å². The van der Waals surface area contributed by atoms with Crippen LogP contribution in [0.15, 0.2) is 23.2 Å². The average molecular weight is 416 g/mol. The number of hydrogen-bond donors (Lipinski definition) is 1. The minimum absolute atomic E-state index is 0.0712. The number of thioether (sulfide) groups is 1. The van der Waals surface area contributed by atoms with Gasteiger partial charge in [-0.1, -0.05) is 33.8 Å². The summed E-state index contributed by atoms with van der Waals surface area (Å²) in [5.74, 6) is 0.916. The van der Waals surface area contributed by atoms with Crippen molar-refractivity contribution < 1.29 is 13.2 Å². The van der Waals surface area contributed by atoms with Gasteiger partial charge in [-0.2, -0.15) is 0 Å². The van der Waals surface area contributed by atoms with Gasteiger partial charge in [0.1, 0.15) is 4.95 Å². The molecule has 122 valence electrons. The van der Waals surface area contributed by atoms with Crippen LogP contribution in [0, 0.1) is 0 Å². The number of amidine groups is 1. The lowest BCUT2D eigenvalue weighted by Gasteiger charge is -2.24. The lowest BCUT2D eigenvalue weighted by Crippen LogP contribution is -2.44. The highest BCUT2D eigenvalue weighted by Gasteiger charge is 2.46. The summed E-state index contributed by atoms with van der Waals surface area (Å²) in [7, 11) is -3.66. The number of nitrogens with one attached hydrogen (secondary N) is 1. The minimum atomic E-state index is -3.66. The van der Waals surface area contributed by atoms with E-state index in [4.69, 9.17) is 0 Å². The van der Waals surface area contributed by atoms with E-state index in [1.807, 2.05) is 11.0 Å². The summed E-state index contributed by atoms with van der Waals surface area (Å²) in [5.41, 5.74) is 2.04. The number of carbonyl (C=O) groups excluding carboxylic acids is 1. The molecule has 1 saturated heterocycles. The van der Waals surface area contributed by atoms with Crippen LogP contribution in [0.4, 0.5) is 5.69 Å². The van der Waals surface area contributed by atoms with E-state index < -0.39 is 20.3 Å². The van der Waals surface area contributed by atoms with Crippen molar-refractivity contribution in [2.45, 2.75) is 23.2 Å². The van der Waals surface area contributed by atoms with Gasteiger partial charge in [0.15, 0.2) is 16.3 Å². The van der Waals surface area contributed by atoms with Gasteiger partial charge in [0, 0.05) is 30.0 Å². The Morgan fingerprint density at radius 1 is 1.35 bits per heavy atom. The number of anilines is 1. The predicted molar refractivity (Wildman–Crippen MR) is 94.7 cm³/mol. The van der Waals surface area contributed by atoms with Crippen LogP contribution in [0.3, 0.4) is 0 Å². The number of benzene rings is 1. The number of aliphatic imine (C=N–C) groups is 1. The Bertz CT molecular complexity index is 825.